The zero-order valence-electron chi connectivity index (χ0n) is 54.4. The third-order valence-corrected chi connectivity index (χ3v) is 22.8. The van der Waals surface area contributed by atoms with Gasteiger partial charge in [-0.25, -0.2) is 0 Å². The van der Waals surface area contributed by atoms with Gasteiger partial charge in [0.15, 0.2) is 0 Å². The fraction of sp³-hybridized carbons (Fsp3) is 0.0833. The Hall–Kier alpha value is -11.4. The maximum Gasteiger partial charge on any atom is 0.0435 e. The third-order valence-electron chi connectivity index (χ3n) is 22.8. The molecule has 16 aromatic rings. The van der Waals surface area contributed by atoms with Crippen LogP contribution in [0.15, 0.2) is 328 Å². The first-order valence-electron chi connectivity index (χ1n) is 34.1. The summed E-state index contributed by atoms with van der Waals surface area (Å²) >= 11 is 0. The molecule has 0 fully saturated rings. The van der Waals surface area contributed by atoms with E-state index in [1.807, 2.05) is 0 Å². The molecule has 0 spiro atoms. The zero-order valence-corrected chi connectivity index (χ0v) is 54.4. The predicted molar refractivity (Wildman–Crippen MR) is 404 cm³/mol. The molecule has 3 unspecified atom stereocenters. The standard InChI is InChI=1S/C96H68/c1-60-41-47-70-74-51-45-65(58-88(74)94(2,84(70)53-60)67-27-11-6-12-28-67)90-76-33-17-21-37-80(76)92(81-38-22-18-34-77(81)90)93-82-39-23-19-35-78(82)91(79-36-20-24-40-83(79)93)66-46-52-75-73-50-44-64(57-87(73)96(4,89(75)59-66)69-31-15-8-16-32-69)63-43-49-72-71-48-42-62(54-61-25-9-5-10-26-61)55-85(71)95(3,86(72)56-63)68-29-13-7-14-30-68/h5-53,55-59H,54H2,1-4H3. The van der Waals surface area contributed by atoms with Crippen LogP contribution in [0.1, 0.15) is 87.5 Å². The highest BCUT2D eigenvalue weighted by atomic mass is 14.5. The van der Waals surface area contributed by atoms with Gasteiger partial charge < -0.3 is 0 Å². The highest BCUT2D eigenvalue weighted by Crippen LogP contribution is 2.59. The van der Waals surface area contributed by atoms with Crippen LogP contribution >= 0.6 is 0 Å². The molecule has 452 valence electrons. The van der Waals surface area contributed by atoms with Crippen molar-refractivity contribution in [3.63, 3.8) is 0 Å². The number of aryl methyl sites for hydroxylation is 1. The van der Waals surface area contributed by atoms with Crippen LogP contribution in [0.4, 0.5) is 0 Å². The van der Waals surface area contributed by atoms with E-state index in [4.69, 9.17) is 0 Å². The van der Waals surface area contributed by atoms with Gasteiger partial charge in [-0.2, -0.15) is 0 Å². The molecule has 0 heteroatoms. The Morgan fingerprint density at radius 2 is 0.469 bits per heavy atom. The van der Waals surface area contributed by atoms with Gasteiger partial charge in [0, 0.05) is 16.2 Å². The third kappa shape index (κ3) is 8.09. The topological polar surface area (TPSA) is 0 Å². The molecular weight excluding hydrogens is 1150 g/mol. The van der Waals surface area contributed by atoms with E-state index >= 15 is 0 Å². The molecule has 3 aliphatic rings. The van der Waals surface area contributed by atoms with Crippen molar-refractivity contribution in [3.8, 4) is 77.9 Å². The van der Waals surface area contributed by atoms with E-state index in [0.29, 0.717) is 0 Å². The monoisotopic (exact) mass is 1220 g/mol. The second-order valence-electron chi connectivity index (χ2n) is 27.8. The van der Waals surface area contributed by atoms with E-state index in [-0.39, 0.29) is 10.8 Å². The summed E-state index contributed by atoms with van der Waals surface area (Å²) in [6.45, 7) is 9.58. The second-order valence-corrected chi connectivity index (χ2v) is 27.8. The van der Waals surface area contributed by atoms with Crippen LogP contribution in [-0.4, -0.2) is 0 Å². The van der Waals surface area contributed by atoms with Gasteiger partial charge in [0.1, 0.15) is 0 Å². The maximum atomic E-state index is 2.55. The van der Waals surface area contributed by atoms with Gasteiger partial charge in [0.2, 0.25) is 0 Å². The number of rotatable bonds is 9. The number of fused-ring (bicyclic) bond motifs is 13. The van der Waals surface area contributed by atoms with E-state index < -0.39 is 5.41 Å². The molecule has 0 heterocycles. The molecule has 0 nitrogen and oxygen atoms in total. The summed E-state index contributed by atoms with van der Waals surface area (Å²) in [6.07, 6.45) is 0.897. The minimum absolute atomic E-state index is 0.329. The van der Waals surface area contributed by atoms with E-state index in [2.05, 4.69) is 355 Å². The summed E-state index contributed by atoms with van der Waals surface area (Å²) in [5.41, 5.74) is 32.6. The Balaban J connectivity index is 0.757. The van der Waals surface area contributed by atoms with Crippen molar-refractivity contribution in [1.29, 1.82) is 0 Å². The first kappa shape index (κ1) is 56.1. The Bertz CT molecular complexity index is 5780. The molecule has 0 saturated carbocycles. The lowest BCUT2D eigenvalue weighted by atomic mass is 9.72. The lowest BCUT2D eigenvalue weighted by Crippen LogP contribution is -2.23. The maximum absolute atomic E-state index is 2.55. The van der Waals surface area contributed by atoms with Crippen molar-refractivity contribution in [2.24, 2.45) is 0 Å². The van der Waals surface area contributed by atoms with Crippen molar-refractivity contribution < 1.29 is 0 Å². The lowest BCUT2D eigenvalue weighted by molar-refractivity contribution is 0.712. The molecule has 0 radical (unpaired) electrons. The van der Waals surface area contributed by atoms with E-state index in [1.54, 1.807) is 0 Å². The second kappa shape index (κ2) is 21.3. The zero-order chi connectivity index (χ0) is 64.0. The fourth-order valence-electron chi connectivity index (χ4n) is 18.0. The molecular formula is C96H68. The molecule has 19 rings (SSSR count). The van der Waals surface area contributed by atoms with E-state index in [1.165, 1.54) is 188 Å². The minimum Gasteiger partial charge on any atom is -0.0622 e. The molecule has 16 aromatic carbocycles. The van der Waals surface area contributed by atoms with Crippen LogP contribution in [0.2, 0.25) is 0 Å². The lowest BCUT2D eigenvalue weighted by Gasteiger charge is -2.30. The van der Waals surface area contributed by atoms with Crippen molar-refractivity contribution in [3.05, 3.63) is 394 Å². The average Bonchev–Trinajstić information content (AvgIpc) is 1.17. The smallest absolute Gasteiger partial charge is 0.0435 e. The Kier molecular flexibility index (Phi) is 12.4. The van der Waals surface area contributed by atoms with Gasteiger partial charge in [-0.05, 0) is 241 Å². The summed E-state index contributed by atoms with van der Waals surface area (Å²) in [5, 5.41) is 9.95. The van der Waals surface area contributed by atoms with Crippen molar-refractivity contribution in [1.82, 2.24) is 0 Å². The highest BCUT2D eigenvalue weighted by Gasteiger charge is 2.45. The first-order chi connectivity index (χ1) is 47.2. The molecule has 0 N–H and O–H groups in total. The Labute approximate surface area is 562 Å². The van der Waals surface area contributed by atoms with Crippen molar-refractivity contribution in [2.75, 3.05) is 0 Å². The van der Waals surface area contributed by atoms with E-state index in [9.17, 15) is 0 Å². The largest absolute Gasteiger partial charge is 0.0622 e. The van der Waals surface area contributed by atoms with Gasteiger partial charge in [0.25, 0.3) is 0 Å². The molecule has 0 aromatic heterocycles. The summed E-state index contributed by atoms with van der Waals surface area (Å²) < 4.78 is 0. The predicted octanol–water partition coefficient (Wildman–Crippen LogP) is 24.9. The van der Waals surface area contributed by atoms with Crippen LogP contribution < -0.4 is 0 Å². The van der Waals surface area contributed by atoms with Gasteiger partial charge in [0.05, 0.1) is 0 Å². The van der Waals surface area contributed by atoms with Crippen molar-refractivity contribution in [2.45, 2.75) is 50.4 Å². The summed E-state index contributed by atoms with van der Waals surface area (Å²) in [7, 11) is 0. The van der Waals surface area contributed by atoms with Crippen LogP contribution in [0.5, 0.6) is 0 Å². The van der Waals surface area contributed by atoms with Crippen LogP contribution in [-0.2, 0) is 22.7 Å². The van der Waals surface area contributed by atoms with Crippen molar-refractivity contribution >= 4 is 43.1 Å². The van der Waals surface area contributed by atoms with Gasteiger partial charge >= 0.3 is 0 Å². The van der Waals surface area contributed by atoms with Crippen LogP contribution in [0.3, 0.4) is 0 Å². The molecule has 0 saturated heterocycles. The molecule has 3 aliphatic carbocycles. The average molecular weight is 1220 g/mol. The number of hydrogen-bond donors (Lipinski definition) is 0. The minimum atomic E-state index is -0.467. The summed E-state index contributed by atoms with van der Waals surface area (Å²) in [4.78, 5) is 0. The summed E-state index contributed by atoms with van der Waals surface area (Å²) in [6, 6.07) is 125. The van der Waals surface area contributed by atoms with Crippen LogP contribution in [0, 0.1) is 6.92 Å². The number of benzene rings is 16. The molecule has 0 amide bonds. The molecule has 0 bridgehead atoms. The normalized spacial score (nSPS) is 17.1. The highest BCUT2D eigenvalue weighted by molar-refractivity contribution is 6.30. The van der Waals surface area contributed by atoms with Crippen LogP contribution in [0.25, 0.3) is 121 Å². The van der Waals surface area contributed by atoms with Gasteiger partial charge in [-0.15, -0.1) is 0 Å². The molecule has 3 atom stereocenters. The quantitative estimate of drug-likeness (QED) is 0.126. The number of hydrogen-bond acceptors (Lipinski definition) is 0. The van der Waals surface area contributed by atoms with Gasteiger partial charge in [-0.1, -0.05) is 309 Å². The molecule has 0 aliphatic heterocycles. The van der Waals surface area contributed by atoms with Gasteiger partial charge in [-0.3, -0.25) is 0 Å². The summed E-state index contributed by atoms with van der Waals surface area (Å²) in [5.74, 6) is 0. The first-order valence-corrected chi connectivity index (χ1v) is 34.1. The molecule has 96 heavy (non-hydrogen) atoms. The fourth-order valence-corrected chi connectivity index (χ4v) is 18.0. The Morgan fingerprint density at radius 1 is 0.208 bits per heavy atom. The Morgan fingerprint density at radius 3 is 0.823 bits per heavy atom. The SMILES string of the molecule is Cc1ccc2c(c1)C(C)(c1ccccc1)c1cc(-c3c4ccccc4c(-c4c5ccccc5c(-c5ccc6c(c5)C(C)(c5ccccc5)c5cc(-c7ccc8c(c7)C(C)(c7ccccc7)c7cc(Cc9ccccc9)ccc7-8)ccc5-6)c5ccccc45)c4ccccc34)ccc1-2. The van der Waals surface area contributed by atoms with E-state index in [0.717, 1.165) is 6.42 Å².